The monoisotopic (exact) mass is 253 g/mol. The summed E-state index contributed by atoms with van der Waals surface area (Å²) in [5, 5.41) is 10.7. The number of halogens is 1. The van der Waals surface area contributed by atoms with E-state index in [0.717, 1.165) is 19.6 Å². The Hall–Kier alpha value is -1.13. The molecule has 0 aliphatic carbocycles. The van der Waals surface area contributed by atoms with E-state index in [2.05, 4.69) is 11.8 Å². The molecule has 1 aliphatic heterocycles. The lowest BCUT2D eigenvalue weighted by molar-refractivity contribution is -0.0264. The van der Waals surface area contributed by atoms with E-state index < -0.39 is 5.60 Å². The zero-order chi connectivity index (χ0) is 13.2. The van der Waals surface area contributed by atoms with Crippen LogP contribution in [0.1, 0.15) is 25.3 Å². The van der Waals surface area contributed by atoms with Crippen LogP contribution in [0.5, 0.6) is 5.75 Å². The highest BCUT2D eigenvalue weighted by molar-refractivity contribution is 5.38. The molecule has 0 saturated carbocycles. The van der Waals surface area contributed by atoms with Crippen LogP contribution < -0.4 is 4.74 Å². The van der Waals surface area contributed by atoms with Crippen molar-refractivity contribution >= 4 is 0 Å². The van der Waals surface area contributed by atoms with Crippen molar-refractivity contribution in [3.05, 3.63) is 29.6 Å². The lowest BCUT2D eigenvalue weighted by atomic mass is 9.84. The maximum absolute atomic E-state index is 13.4. The highest BCUT2D eigenvalue weighted by Gasteiger charge is 2.36. The number of ether oxygens (including phenoxy) is 1. The number of aliphatic hydroxyl groups is 1. The summed E-state index contributed by atoms with van der Waals surface area (Å²) in [5.41, 5.74) is -0.403. The van der Waals surface area contributed by atoms with E-state index in [-0.39, 0.29) is 5.82 Å². The van der Waals surface area contributed by atoms with Crippen molar-refractivity contribution in [3.8, 4) is 5.75 Å². The van der Waals surface area contributed by atoms with E-state index in [1.165, 1.54) is 12.1 Å². The number of hydrogen-bond donors (Lipinski definition) is 1. The number of nitrogens with zero attached hydrogens (tertiary/aromatic N) is 1. The Balaban J connectivity index is 2.27. The second-order valence-electron chi connectivity index (χ2n) is 4.81. The van der Waals surface area contributed by atoms with Gasteiger partial charge in [-0.05, 0) is 37.6 Å². The van der Waals surface area contributed by atoms with Crippen LogP contribution in [-0.4, -0.2) is 36.8 Å². The first-order chi connectivity index (χ1) is 8.59. The first kappa shape index (κ1) is 13.3. The maximum Gasteiger partial charge on any atom is 0.125 e. The smallest absolute Gasteiger partial charge is 0.125 e. The van der Waals surface area contributed by atoms with Gasteiger partial charge in [0.2, 0.25) is 0 Å². The summed E-state index contributed by atoms with van der Waals surface area (Å²) >= 11 is 0. The van der Waals surface area contributed by atoms with Crippen LogP contribution in [0, 0.1) is 5.82 Å². The number of rotatable bonds is 3. The molecule has 0 amide bonds. The van der Waals surface area contributed by atoms with Gasteiger partial charge >= 0.3 is 0 Å². The molecule has 1 saturated heterocycles. The van der Waals surface area contributed by atoms with Gasteiger partial charge in [0.05, 0.1) is 12.7 Å². The molecule has 0 unspecified atom stereocenters. The molecule has 2 rings (SSSR count). The van der Waals surface area contributed by atoms with Crippen molar-refractivity contribution in [2.24, 2.45) is 0 Å². The van der Waals surface area contributed by atoms with Gasteiger partial charge in [0.25, 0.3) is 0 Å². The molecule has 100 valence electrons. The zero-order valence-corrected chi connectivity index (χ0v) is 10.9. The number of methoxy groups -OCH3 is 1. The summed E-state index contributed by atoms with van der Waals surface area (Å²) in [6.07, 6.45) is 1.22. The standard InChI is InChI=1S/C14H20FNO2/c1-3-16-8-6-14(17,7-9-16)12-10-11(15)4-5-13(12)18-2/h4-5,10,17H,3,6-9H2,1-2H3. The lowest BCUT2D eigenvalue weighted by Gasteiger charge is -2.38. The normalized spacial score (nSPS) is 19.8. The molecule has 1 heterocycles. The van der Waals surface area contributed by atoms with E-state index in [1.807, 2.05) is 0 Å². The number of benzene rings is 1. The predicted molar refractivity (Wildman–Crippen MR) is 68.2 cm³/mol. The summed E-state index contributed by atoms with van der Waals surface area (Å²) < 4.78 is 18.6. The molecule has 0 spiro atoms. The molecule has 1 N–H and O–H groups in total. The van der Waals surface area contributed by atoms with E-state index in [9.17, 15) is 9.50 Å². The largest absolute Gasteiger partial charge is 0.496 e. The molecular formula is C14H20FNO2. The summed E-state index contributed by atoms with van der Waals surface area (Å²) in [6.45, 7) is 4.74. The van der Waals surface area contributed by atoms with Gasteiger partial charge in [-0.25, -0.2) is 4.39 Å². The summed E-state index contributed by atoms with van der Waals surface area (Å²) in [4.78, 5) is 2.28. The second-order valence-corrected chi connectivity index (χ2v) is 4.81. The Morgan fingerprint density at radius 2 is 2.06 bits per heavy atom. The molecule has 0 bridgehead atoms. The Labute approximate surface area is 107 Å². The average Bonchev–Trinajstić information content (AvgIpc) is 2.39. The van der Waals surface area contributed by atoms with Crippen LogP contribution in [-0.2, 0) is 5.60 Å². The van der Waals surface area contributed by atoms with Crippen LogP contribution >= 0.6 is 0 Å². The third-order valence-electron chi connectivity index (χ3n) is 3.79. The molecule has 1 aliphatic rings. The highest BCUT2D eigenvalue weighted by atomic mass is 19.1. The van der Waals surface area contributed by atoms with Gasteiger partial charge < -0.3 is 14.7 Å². The minimum Gasteiger partial charge on any atom is -0.496 e. The van der Waals surface area contributed by atoms with Crippen LogP contribution in [0.15, 0.2) is 18.2 Å². The Morgan fingerprint density at radius 3 is 2.61 bits per heavy atom. The molecule has 0 radical (unpaired) electrons. The average molecular weight is 253 g/mol. The van der Waals surface area contributed by atoms with Gasteiger partial charge in [0.15, 0.2) is 0 Å². The molecule has 3 nitrogen and oxygen atoms in total. The van der Waals surface area contributed by atoms with Crippen molar-refractivity contribution < 1.29 is 14.2 Å². The van der Waals surface area contributed by atoms with Gasteiger partial charge in [-0.15, -0.1) is 0 Å². The third kappa shape index (κ3) is 2.49. The van der Waals surface area contributed by atoms with Crippen LogP contribution in [0.25, 0.3) is 0 Å². The first-order valence-corrected chi connectivity index (χ1v) is 6.38. The van der Waals surface area contributed by atoms with E-state index in [0.29, 0.717) is 24.2 Å². The first-order valence-electron chi connectivity index (χ1n) is 6.38. The minimum atomic E-state index is -0.973. The summed E-state index contributed by atoms with van der Waals surface area (Å²) in [5.74, 6) is 0.223. The van der Waals surface area contributed by atoms with Crippen LogP contribution in [0.4, 0.5) is 4.39 Å². The van der Waals surface area contributed by atoms with Crippen molar-refractivity contribution in [2.45, 2.75) is 25.4 Å². The molecule has 0 aromatic heterocycles. The molecule has 1 aromatic rings. The fourth-order valence-electron chi connectivity index (χ4n) is 2.55. The third-order valence-corrected chi connectivity index (χ3v) is 3.79. The van der Waals surface area contributed by atoms with Gasteiger partial charge in [0, 0.05) is 18.7 Å². The lowest BCUT2D eigenvalue weighted by Crippen LogP contribution is -2.42. The van der Waals surface area contributed by atoms with Crippen molar-refractivity contribution in [1.29, 1.82) is 0 Å². The Bertz CT molecular complexity index is 414. The topological polar surface area (TPSA) is 32.7 Å². The van der Waals surface area contributed by atoms with E-state index in [1.54, 1.807) is 13.2 Å². The van der Waals surface area contributed by atoms with Crippen molar-refractivity contribution in [2.75, 3.05) is 26.7 Å². The number of piperidine rings is 1. The van der Waals surface area contributed by atoms with Crippen molar-refractivity contribution in [3.63, 3.8) is 0 Å². The number of hydrogen-bond acceptors (Lipinski definition) is 3. The van der Waals surface area contributed by atoms with Gasteiger partial charge in [-0.1, -0.05) is 6.92 Å². The zero-order valence-electron chi connectivity index (χ0n) is 10.9. The summed E-state index contributed by atoms with van der Waals surface area (Å²) in [7, 11) is 1.54. The fraction of sp³-hybridized carbons (Fsp3) is 0.571. The van der Waals surface area contributed by atoms with Crippen molar-refractivity contribution in [1.82, 2.24) is 4.90 Å². The quantitative estimate of drug-likeness (QED) is 0.895. The van der Waals surface area contributed by atoms with E-state index >= 15 is 0 Å². The molecule has 1 aromatic carbocycles. The predicted octanol–water partition coefficient (Wildman–Crippen LogP) is 2.14. The molecule has 1 fully saturated rings. The molecule has 4 heteroatoms. The van der Waals surface area contributed by atoms with Gasteiger partial charge in [-0.2, -0.15) is 0 Å². The second kappa shape index (κ2) is 5.24. The fourth-order valence-corrected chi connectivity index (χ4v) is 2.55. The van der Waals surface area contributed by atoms with Crippen LogP contribution in [0.3, 0.4) is 0 Å². The van der Waals surface area contributed by atoms with Gasteiger partial charge in [-0.3, -0.25) is 0 Å². The Morgan fingerprint density at radius 1 is 1.39 bits per heavy atom. The summed E-state index contributed by atoms with van der Waals surface area (Å²) in [6, 6.07) is 4.32. The SMILES string of the molecule is CCN1CCC(O)(c2cc(F)ccc2OC)CC1. The van der Waals surface area contributed by atoms with Gasteiger partial charge in [0.1, 0.15) is 11.6 Å². The van der Waals surface area contributed by atoms with E-state index in [4.69, 9.17) is 4.74 Å². The molecule has 0 atom stereocenters. The minimum absolute atomic E-state index is 0.336. The Kier molecular flexibility index (Phi) is 3.88. The molecule has 18 heavy (non-hydrogen) atoms. The van der Waals surface area contributed by atoms with Crippen LogP contribution in [0.2, 0.25) is 0 Å². The maximum atomic E-state index is 13.4. The number of likely N-dealkylation sites (tertiary alicyclic amines) is 1. The molecular weight excluding hydrogens is 233 g/mol. The highest BCUT2D eigenvalue weighted by Crippen LogP contribution is 2.38.